The molecular weight excluding hydrogens is 321 g/mol. The molecule has 0 aromatic heterocycles. The first-order chi connectivity index (χ1) is 12.0. The van der Waals surface area contributed by atoms with Crippen LogP contribution in [0.4, 0.5) is 20.6 Å². The summed E-state index contributed by atoms with van der Waals surface area (Å²) in [6.45, 7) is 1.92. The average molecular weight is 341 g/mol. The minimum atomic E-state index is -0.312. The number of halogens is 1. The summed E-state index contributed by atoms with van der Waals surface area (Å²) in [5.74, 6) is -0.430. The van der Waals surface area contributed by atoms with Gasteiger partial charge in [-0.05, 0) is 48.7 Å². The molecule has 3 amide bonds. The molecule has 0 unspecified atom stereocenters. The van der Waals surface area contributed by atoms with Gasteiger partial charge in [-0.3, -0.25) is 4.79 Å². The van der Waals surface area contributed by atoms with E-state index in [0.29, 0.717) is 17.9 Å². The van der Waals surface area contributed by atoms with Crippen molar-refractivity contribution in [1.29, 1.82) is 0 Å². The van der Waals surface area contributed by atoms with Crippen LogP contribution in [0.25, 0.3) is 0 Å². The minimum absolute atomic E-state index is 0.0942. The second kappa shape index (κ2) is 6.93. The largest absolute Gasteiger partial charge is 0.337 e. The average Bonchev–Trinajstić information content (AvgIpc) is 3.34. The molecule has 0 saturated heterocycles. The van der Waals surface area contributed by atoms with Crippen LogP contribution in [0, 0.1) is 5.82 Å². The number of rotatable bonds is 5. The fourth-order valence-electron chi connectivity index (χ4n) is 2.82. The van der Waals surface area contributed by atoms with E-state index in [1.807, 2.05) is 0 Å². The Balaban J connectivity index is 1.56. The molecule has 0 atom stereocenters. The van der Waals surface area contributed by atoms with Crippen molar-refractivity contribution in [3.63, 3.8) is 0 Å². The number of benzene rings is 2. The van der Waals surface area contributed by atoms with Gasteiger partial charge in [0, 0.05) is 30.3 Å². The van der Waals surface area contributed by atoms with E-state index in [0.717, 1.165) is 18.4 Å². The molecule has 2 aromatic carbocycles. The van der Waals surface area contributed by atoms with Crippen molar-refractivity contribution in [3.8, 4) is 0 Å². The lowest BCUT2D eigenvalue weighted by atomic mass is 9.96. The predicted molar refractivity (Wildman–Crippen MR) is 95.1 cm³/mol. The summed E-state index contributed by atoms with van der Waals surface area (Å²) < 4.78 is 13.1. The molecule has 0 aliphatic heterocycles. The Morgan fingerprint density at radius 1 is 1.04 bits per heavy atom. The second-order valence-electron chi connectivity index (χ2n) is 6.36. The van der Waals surface area contributed by atoms with Gasteiger partial charge in [-0.1, -0.05) is 18.2 Å². The molecule has 0 bridgehead atoms. The predicted octanol–water partition coefficient (Wildman–Crippen LogP) is 3.64. The highest BCUT2D eigenvalue weighted by Crippen LogP contribution is 2.47. The van der Waals surface area contributed by atoms with E-state index < -0.39 is 0 Å². The van der Waals surface area contributed by atoms with Crippen molar-refractivity contribution in [3.05, 3.63) is 59.9 Å². The monoisotopic (exact) mass is 341 g/mol. The smallest absolute Gasteiger partial charge is 0.319 e. The molecule has 25 heavy (non-hydrogen) atoms. The number of hydrogen-bond donors (Lipinski definition) is 3. The van der Waals surface area contributed by atoms with Gasteiger partial charge in [-0.25, -0.2) is 9.18 Å². The Kier molecular flexibility index (Phi) is 4.70. The van der Waals surface area contributed by atoms with E-state index >= 15 is 0 Å². The summed E-state index contributed by atoms with van der Waals surface area (Å²) in [6.07, 6.45) is 1.94. The third kappa shape index (κ3) is 4.35. The van der Waals surface area contributed by atoms with E-state index in [4.69, 9.17) is 0 Å². The fraction of sp³-hybridized carbons (Fsp3) is 0.263. The fourth-order valence-corrected chi connectivity index (χ4v) is 2.82. The molecule has 3 rings (SSSR count). The molecule has 0 radical (unpaired) electrons. The topological polar surface area (TPSA) is 70.2 Å². The molecule has 3 N–H and O–H groups in total. The summed E-state index contributed by atoms with van der Waals surface area (Å²) in [7, 11) is 0. The SMILES string of the molecule is CC(=O)Nc1cccc(NC(=O)NCC2(c3ccc(F)cc3)CC2)c1. The zero-order chi connectivity index (χ0) is 17.9. The third-order valence-electron chi connectivity index (χ3n) is 4.34. The van der Waals surface area contributed by atoms with Crippen molar-refractivity contribution < 1.29 is 14.0 Å². The van der Waals surface area contributed by atoms with Gasteiger partial charge in [0.2, 0.25) is 5.91 Å². The van der Waals surface area contributed by atoms with Crippen LogP contribution in [0.3, 0.4) is 0 Å². The Bertz CT molecular complexity index is 786. The van der Waals surface area contributed by atoms with Gasteiger partial charge < -0.3 is 16.0 Å². The first-order valence-electron chi connectivity index (χ1n) is 8.15. The number of amides is 3. The Morgan fingerprint density at radius 2 is 1.68 bits per heavy atom. The molecule has 130 valence electrons. The van der Waals surface area contributed by atoms with Crippen LogP contribution >= 0.6 is 0 Å². The first kappa shape index (κ1) is 17.0. The lowest BCUT2D eigenvalue weighted by Gasteiger charge is -2.17. The van der Waals surface area contributed by atoms with Crippen LogP contribution in [0.15, 0.2) is 48.5 Å². The minimum Gasteiger partial charge on any atom is -0.337 e. The number of carbonyl (C=O) groups is 2. The number of anilines is 2. The molecule has 0 heterocycles. The molecule has 1 saturated carbocycles. The van der Waals surface area contributed by atoms with Crippen molar-refractivity contribution in [2.24, 2.45) is 0 Å². The van der Waals surface area contributed by atoms with Gasteiger partial charge >= 0.3 is 6.03 Å². The van der Waals surface area contributed by atoms with Crippen molar-refractivity contribution in [1.82, 2.24) is 5.32 Å². The highest BCUT2D eigenvalue weighted by atomic mass is 19.1. The lowest BCUT2D eigenvalue weighted by molar-refractivity contribution is -0.114. The van der Waals surface area contributed by atoms with Crippen molar-refractivity contribution in [2.75, 3.05) is 17.2 Å². The van der Waals surface area contributed by atoms with Crippen LogP contribution in [0.2, 0.25) is 0 Å². The summed E-state index contributed by atoms with van der Waals surface area (Å²) >= 11 is 0. The highest BCUT2D eigenvalue weighted by molar-refractivity contribution is 5.92. The maximum absolute atomic E-state index is 13.1. The maximum atomic E-state index is 13.1. The number of hydrogen-bond acceptors (Lipinski definition) is 2. The van der Waals surface area contributed by atoms with Gasteiger partial charge in [-0.2, -0.15) is 0 Å². The first-order valence-corrected chi connectivity index (χ1v) is 8.15. The van der Waals surface area contributed by atoms with Crippen LogP contribution in [0.5, 0.6) is 0 Å². The Hall–Kier alpha value is -2.89. The van der Waals surface area contributed by atoms with Crippen LogP contribution in [-0.4, -0.2) is 18.5 Å². The van der Waals surface area contributed by atoms with Crippen molar-refractivity contribution in [2.45, 2.75) is 25.2 Å². The molecule has 0 spiro atoms. The summed E-state index contributed by atoms with van der Waals surface area (Å²) in [5, 5.41) is 8.30. The summed E-state index contributed by atoms with van der Waals surface area (Å²) in [4.78, 5) is 23.2. The van der Waals surface area contributed by atoms with Crippen LogP contribution in [-0.2, 0) is 10.2 Å². The molecule has 1 fully saturated rings. The third-order valence-corrected chi connectivity index (χ3v) is 4.34. The van der Waals surface area contributed by atoms with Gasteiger partial charge in [-0.15, -0.1) is 0 Å². The van der Waals surface area contributed by atoms with E-state index in [1.54, 1.807) is 36.4 Å². The quantitative estimate of drug-likeness (QED) is 0.777. The standard InChI is InChI=1S/C19H20FN3O2/c1-13(24)22-16-3-2-4-17(11-16)23-18(25)21-12-19(9-10-19)14-5-7-15(20)8-6-14/h2-8,11H,9-10,12H2,1H3,(H,22,24)(H2,21,23,25). The summed E-state index contributed by atoms with van der Waals surface area (Å²) in [6, 6.07) is 13.1. The second-order valence-corrected chi connectivity index (χ2v) is 6.36. The Morgan fingerprint density at radius 3 is 2.28 bits per heavy atom. The zero-order valence-electron chi connectivity index (χ0n) is 13.9. The van der Waals surface area contributed by atoms with E-state index in [-0.39, 0.29) is 23.2 Å². The Labute approximate surface area is 145 Å². The molecule has 1 aliphatic rings. The highest BCUT2D eigenvalue weighted by Gasteiger charge is 2.44. The van der Waals surface area contributed by atoms with Gasteiger partial charge in [0.1, 0.15) is 5.82 Å². The molecule has 1 aliphatic carbocycles. The molecular formula is C19H20FN3O2. The van der Waals surface area contributed by atoms with Crippen LogP contribution in [0.1, 0.15) is 25.3 Å². The number of urea groups is 1. The van der Waals surface area contributed by atoms with Gasteiger partial charge in [0.15, 0.2) is 0 Å². The number of nitrogens with one attached hydrogen (secondary N) is 3. The molecule has 2 aromatic rings. The zero-order valence-corrected chi connectivity index (χ0v) is 13.9. The summed E-state index contributed by atoms with van der Waals surface area (Å²) in [5.41, 5.74) is 2.16. The lowest BCUT2D eigenvalue weighted by Crippen LogP contribution is -2.35. The van der Waals surface area contributed by atoms with E-state index in [2.05, 4.69) is 16.0 Å². The normalized spacial score (nSPS) is 14.5. The van der Waals surface area contributed by atoms with Gasteiger partial charge in [0.25, 0.3) is 0 Å². The van der Waals surface area contributed by atoms with E-state index in [9.17, 15) is 14.0 Å². The van der Waals surface area contributed by atoms with Crippen molar-refractivity contribution >= 4 is 23.3 Å². The van der Waals surface area contributed by atoms with Gasteiger partial charge in [0.05, 0.1) is 0 Å². The molecule has 6 heteroatoms. The maximum Gasteiger partial charge on any atom is 0.319 e. The van der Waals surface area contributed by atoms with E-state index in [1.165, 1.54) is 19.1 Å². The number of carbonyl (C=O) groups excluding carboxylic acids is 2. The molecule has 5 nitrogen and oxygen atoms in total. The van der Waals surface area contributed by atoms with Crippen LogP contribution < -0.4 is 16.0 Å².